The van der Waals surface area contributed by atoms with Gasteiger partial charge in [0.1, 0.15) is 19.6 Å². The third-order valence-electron chi connectivity index (χ3n) is 5.22. The average Bonchev–Trinajstić information content (AvgIpc) is 2.93. The van der Waals surface area contributed by atoms with E-state index in [4.69, 9.17) is 29.2 Å². The Labute approximate surface area is 243 Å². The van der Waals surface area contributed by atoms with Crippen LogP contribution in [0.5, 0.6) is 0 Å². The SMILES string of the molecule is CC(=O)COCCOCCNC(=O)COCCOCCNC(=O)c1ccc(CN(CCC(=O)O)C(=O)CC(=O)O)cc1. The summed E-state index contributed by atoms with van der Waals surface area (Å²) in [7, 11) is 0. The number of nitrogens with zero attached hydrogens (tertiary/aromatic N) is 1. The van der Waals surface area contributed by atoms with Crippen LogP contribution < -0.4 is 10.6 Å². The van der Waals surface area contributed by atoms with E-state index in [-0.39, 0.29) is 76.7 Å². The van der Waals surface area contributed by atoms with Crippen LogP contribution in [0.3, 0.4) is 0 Å². The summed E-state index contributed by atoms with van der Waals surface area (Å²) in [6, 6.07) is 6.28. The number of nitrogens with one attached hydrogen (secondary N) is 2. The Morgan fingerprint density at radius 3 is 1.88 bits per heavy atom. The maximum Gasteiger partial charge on any atom is 0.312 e. The molecule has 15 heteroatoms. The molecule has 4 N–H and O–H groups in total. The van der Waals surface area contributed by atoms with Gasteiger partial charge in [-0.15, -0.1) is 0 Å². The number of aliphatic carboxylic acids is 2. The Hall–Kier alpha value is -3.92. The van der Waals surface area contributed by atoms with Crippen LogP contribution in [-0.2, 0) is 49.5 Å². The molecule has 0 fully saturated rings. The third-order valence-corrected chi connectivity index (χ3v) is 5.22. The number of hydrogen-bond donors (Lipinski definition) is 4. The number of carbonyl (C=O) groups excluding carboxylic acids is 4. The van der Waals surface area contributed by atoms with Crippen LogP contribution in [-0.4, -0.2) is 123 Å². The van der Waals surface area contributed by atoms with Crippen LogP contribution in [0, 0.1) is 0 Å². The first-order valence-corrected chi connectivity index (χ1v) is 13.2. The number of Topliss-reactive ketones (excluding diaryl/α,β-unsaturated/α-hetero) is 1. The molecule has 0 saturated heterocycles. The topological polar surface area (TPSA) is 207 Å². The van der Waals surface area contributed by atoms with Gasteiger partial charge in [-0.25, -0.2) is 0 Å². The number of ketones is 1. The van der Waals surface area contributed by atoms with Crippen LogP contribution in [0.15, 0.2) is 24.3 Å². The van der Waals surface area contributed by atoms with Crippen molar-refractivity contribution in [3.63, 3.8) is 0 Å². The molecular formula is C27H39N3O12. The summed E-state index contributed by atoms with van der Waals surface area (Å²) in [5, 5.41) is 23.1. The number of ether oxygens (including phenoxy) is 4. The predicted octanol–water partition coefficient (Wildman–Crippen LogP) is -0.534. The van der Waals surface area contributed by atoms with Crippen LogP contribution in [0.4, 0.5) is 0 Å². The quantitative estimate of drug-likeness (QED) is 0.0876. The first kappa shape index (κ1) is 36.1. The second-order valence-corrected chi connectivity index (χ2v) is 8.86. The number of amides is 3. The smallest absolute Gasteiger partial charge is 0.312 e. The van der Waals surface area contributed by atoms with Crippen molar-refractivity contribution in [1.82, 2.24) is 15.5 Å². The van der Waals surface area contributed by atoms with E-state index in [1.165, 1.54) is 6.92 Å². The molecule has 0 radical (unpaired) electrons. The van der Waals surface area contributed by atoms with Crippen LogP contribution >= 0.6 is 0 Å². The zero-order valence-electron chi connectivity index (χ0n) is 23.6. The van der Waals surface area contributed by atoms with E-state index in [0.717, 1.165) is 4.90 Å². The zero-order valence-corrected chi connectivity index (χ0v) is 23.6. The third kappa shape index (κ3) is 18.4. The molecule has 15 nitrogen and oxygen atoms in total. The van der Waals surface area contributed by atoms with Gasteiger partial charge in [0.15, 0.2) is 5.78 Å². The van der Waals surface area contributed by atoms with Crippen LogP contribution in [0.1, 0.15) is 35.7 Å². The summed E-state index contributed by atoms with van der Waals surface area (Å²) in [6.45, 7) is 3.31. The Bertz CT molecular complexity index is 1020. The Balaban J connectivity index is 2.18. The molecule has 234 valence electrons. The molecule has 1 rings (SSSR count). The normalized spacial score (nSPS) is 10.6. The summed E-state index contributed by atoms with van der Waals surface area (Å²) in [5.74, 6) is -3.84. The van der Waals surface area contributed by atoms with E-state index in [0.29, 0.717) is 37.5 Å². The van der Waals surface area contributed by atoms with Crippen molar-refractivity contribution in [1.29, 1.82) is 0 Å². The van der Waals surface area contributed by atoms with E-state index in [1.54, 1.807) is 24.3 Å². The minimum atomic E-state index is -1.31. The van der Waals surface area contributed by atoms with Crippen molar-refractivity contribution in [2.75, 3.05) is 72.5 Å². The molecule has 1 aromatic carbocycles. The molecule has 0 spiro atoms. The molecule has 0 atom stereocenters. The molecule has 0 bridgehead atoms. The summed E-state index contributed by atoms with van der Waals surface area (Å²) < 4.78 is 20.9. The second kappa shape index (κ2) is 21.8. The average molecular weight is 598 g/mol. The van der Waals surface area contributed by atoms with Gasteiger partial charge in [-0.2, -0.15) is 0 Å². The van der Waals surface area contributed by atoms with Gasteiger partial charge in [0, 0.05) is 31.7 Å². The van der Waals surface area contributed by atoms with E-state index in [1.807, 2.05) is 0 Å². The Morgan fingerprint density at radius 1 is 0.738 bits per heavy atom. The molecule has 0 unspecified atom stereocenters. The number of hydrogen-bond acceptors (Lipinski definition) is 10. The summed E-state index contributed by atoms with van der Waals surface area (Å²) in [5.41, 5.74) is 0.961. The molecule has 3 amide bonds. The highest BCUT2D eigenvalue weighted by Gasteiger charge is 2.18. The first-order chi connectivity index (χ1) is 20.1. The van der Waals surface area contributed by atoms with Crippen molar-refractivity contribution in [2.24, 2.45) is 0 Å². The van der Waals surface area contributed by atoms with Crippen molar-refractivity contribution in [2.45, 2.75) is 26.3 Å². The molecule has 0 aliphatic rings. The molecule has 0 saturated carbocycles. The van der Waals surface area contributed by atoms with Crippen molar-refractivity contribution in [3.8, 4) is 0 Å². The van der Waals surface area contributed by atoms with Crippen molar-refractivity contribution >= 4 is 35.4 Å². The molecule has 0 heterocycles. The molecular weight excluding hydrogens is 558 g/mol. The molecule has 0 aliphatic heterocycles. The number of rotatable bonds is 24. The van der Waals surface area contributed by atoms with Gasteiger partial charge in [-0.05, 0) is 24.6 Å². The fourth-order valence-electron chi connectivity index (χ4n) is 3.22. The van der Waals surface area contributed by atoms with Gasteiger partial charge in [0.25, 0.3) is 5.91 Å². The molecule has 1 aromatic rings. The highest BCUT2D eigenvalue weighted by atomic mass is 16.5. The maximum atomic E-state index is 12.3. The second-order valence-electron chi connectivity index (χ2n) is 8.86. The minimum Gasteiger partial charge on any atom is -0.481 e. The predicted molar refractivity (Wildman–Crippen MR) is 146 cm³/mol. The summed E-state index contributed by atoms with van der Waals surface area (Å²) >= 11 is 0. The number of carbonyl (C=O) groups is 6. The monoisotopic (exact) mass is 597 g/mol. The fraction of sp³-hybridized carbons (Fsp3) is 0.556. The lowest BCUT2D eigenvalue weighted by Crippen LogP contribution is -2.34. The lowest BCUT2D eigenvalue weighted by Gasteiger charge is -2.21. The maximum absolute atomic E-state index is 12.3. The lowest BCUT2D eigenvalue weighted by molar-refractivity contribution is -0.145. The first-order valence-electron chi connectivity index (χ1n) is 13.2. The van der Waals surface area contributed by atoms with Crippen molar-refractivity contribution in [3.05, 3.63) is 35.4 Å². The largest absolute Gasteiger partial charge is 0.481 e. The van der Waals surface area contributed by atoms with Gasteiger partial charge in [0.2, 0.25) is 11.8 Å². The molecule has 42 heavy (non-hydrogen) atoms. The Kier molecular flexibility index (Phi) is 18.7. The van der Waals surface area contributed by atoms with E-state index >= 15 is 0 Å². The standard InChI is InChI=1S/C27H39N3O12/c1-20(31)18-41-14-12-39-10-7-28-23(32)19-42-15-13-40-11-8-29-27(38)22-4-2-21(3-5-22)17-30(9-6-25(34)35)24(33)16-26(36)37/h2-5H,6-19H2,1H3,(H,28,32)(H,29,38)(H,34,35)(H,36,37). The summed E-state index contributed by atoms with van der Waals surface area (Å²) in [6.07, 6.45) is -1.07. The Morgan fingerprint density at radius 2 is 1.31 bits per heavy atom. The van der Waals surface area contributed by atoms with Gasteiger partial charge < -0.3 is 44.7 Å². The zero-order chi connectivity index (χ0) is 31.2. The van der Waals surface area contributed by atoms with Crippen molar-refractivity contribution < 1.29 is 57.9 Å². The fourth-order valence-corrected chi connectivity index (χ4v) is 3.22. The number of carboxylic acid groups (broad SMARTS) is 2. The van der Waals surface area contributed by atoms with Gasteiger partial charge in [0.05, 0.1) is 46.1 Å². The van der Waals surface area contributed by atoms with E-state index in [9.17, 15) is 28.8 Å². The number of carboxylic acids is 2. The highest BCUT2D eigenvalue weighted by Crippen LogP contribution is 2.10. The lowest BCUT2D eigenvalue weighted by atomic mass is 10.1. The van der Waals surface area contributed by atoms with Crippen LogP contribution in [0.25, 0.3) is 0 Å². The van der Waals surface area contributed by atoms with Gasteiger partial charge in [-0.3, -0.25) is 28.8 Å². The van der Waals surface area contributed by atoms with Gasteiger partial charge >= 0.3 is 11.9 Å². The molecule has 0 aliphatic carbocycles. The highest BCUT2D eigenvalue weighted by molar-refractivity contribution is 5.94. The van der Waals surface area contributed by atoms with E-state index in [2.05, 4.69) is 10.6 Å². The summed E-state index contributed by atoms with van der Waals surface area (Å²) in [4.78, 5) is 69.7. The van der Waals surface area contributed by atoms with Gasteiger partial charge in [-0.1, -0.05) is 12.1 Å². The molecule has 0 aromatic heterocycles. The van der Waals surface area contributed by atoms with Crippen LogP contribution in [0.2, 0.25) is 0 Å². The minimum absolute atomic E-state index is 0.00709. The van der Waals surface area contributed by atoms with E-state index < -0.39 is 24.3 Å². The number of benzene rings is 1.